The van der Waals surface area contributed by atoms with Gasteiger partial charge in [0.2, 0.25) is 5.91 Å². The van der Waals surface area contributed by atoms with E-state index in [1.54, 1.807) is 4.90 Å². The molecule has 2 N–H and O–H groups in total. The fraction of sp³-hybridized carbons (Fsp3) is 0.588. The summed E-state index contributed by atoms with van der Waals surface area (Å²) in [5.74, 6) is -0.00800. The lowest BCUT2D eigenvalue weighted by atomic mass is 9.97. The number of rotatable bonds is 6. The number of hydrogen-bond donors (Lipinski definition) is 2. The Kier molecular flexibility index (Phi) is 5.85. The zero-order valence-corrected chi connectivity index (χ0v) is 14.7. The molecule has 3 rings (SSSR count). The second-order valence-corrected chi connectivity index (χ2v) is 7.08. The summed E-state index contributed by atoms with van der Waals surface area (Å²) in [7, 11) is 0. The third-order valence-corrected chi connectivity index (χ3v) is 5.26. The van der Waals surface area contributed by atoms with E-state index < -0.39 is 0 Å². The molecular formula is C17H24N4O2S. The maximum Gasteiger partial charge on any atom is 0.323 e. The van der Waals surface area contributed by atoms with Crippen LogP contribution >= 0.6 is 11.3 Å². The molecule has 3 amide bonds. The van der Waals surface area contributed by atoms with E-state index in [1.807, 2.05) is 5.38 Å². The van der Waals surface area contributed by atoms with Gasteiger partial charge in [0.15, 0.2) is 5.13 Å². The Morgan fingerprint density at radius 2 is 2.29 bits per heavy atom. The van der Waals surface area contributed by atoms with E-state index >= 15 is 0 Å². The third-order valence-electron chi connectivity index (χ3n) is 4.35. The summed E-state index contributed by atoms with van der Waals surface area (Å²) in [6, 6.07) is -0.104. The zero-order valence-electron chi connectivity index (χ0n) is 13.8. The molecular weight excluding hydrogens is 324 g/mol. The molecule has 1 aromatic rings. The average molecular weight is 348 g/mol. The number of hydrogen-bond acceptors (Lipinski definition) is 4. The van der Waals surface area contributed by atoms with Gasteiger partial charge >= 0.3 is 6.03 Å². The number of allylic oxidation sites excluding steroid dienone is 1. The van der Waals surface area contributed by atoms with Crippen LogP contribution in [0.5, 0.6) is 0 Å². The molecule has 1 aromatic heterocycles. The molecule has 1 aliphatic carbocycles. The second-order valence-electron chi connectivity index (χ2n) is 6.24. The quantitative estimate of drug-likeness (QED) is 0.776. The Morgan fingerprint density at radius 3 is 3.08 bits per heavy atom. The molecule has 0 atom stereocenters. The summed E-state index contributed by atoms with van der Waals surface area (Å²) in [6.45, 7) is 2.09. The Balaban J connectivity index is 1.44. The van der Waals surface area contributed by atoms with Gasteiger partial charge in [-0.05, 0) is 38.5 Å². The average Bonchev–Trinajstić information content (AvgIpc) is 3.04. The fourth-order valence-electron chi connectivity index (χ4n) is 3.03. The highest BCUT2D eigenvalue weighted by atomic mass is 32.1. The van der Waals surface area contributed by atoms with Crippen molar-refractivity contribution in [3.63, 3.8) is 0 Å². The van der Waals surface area contributed by atoms with Crippen LogP contribution in [0.3, 0.4) is 0 Å². The van der Waals surface area contributed by atoms with E-state index in [4.69, 9.17) is 0 Å². The molecule has 0 spiro atoms. The van der Waals surface area contributed by atoms with Gasteiger partial charge in [-0.25, -0.2) is 9.78 Å². The highest BCUT2D eigenvalue weighted by Crippen LogP contribution is 2.22. The smallest absolute Gasteiger partial charge is 0.323 e. The molecule has 1 saturated heterocycles. The van der Waals surface area contributed by atoms with Crippen molar-refractivity contribution >= 4 is 28.4 Å². The first-order valence-corrected chi connectivity index (χ1v) is 9.55. The Bertz CT molecular complexity index is 626. The largest absolute Gasteiger partial charge is 0.355 e. The molecule has 24 heavy (non-hydrogen) atoms. The molecule has 1 fully saturated rings. The number of thiazole rings is 1. The molecule has 7 heteroatoms. The fourth-order valence-corrected chi connectivity index (χ4v) is 3.88. The van der Waals surface area contributed by atoms with Gasteiger partial charge in [-0.15, -0.1) is 11.3 Å². The lowest BCUT2D eigenvalue weighted by molar-refractivity contribution is -0.120. The monoisotopic (exact) mass is 348 g/mol. The molecule has 6 nitrogen and oxygen atoms in total. The number of aromatic nitrogens is 1. The lowest BCUT2D eigenvalue weighted by Gasteiger charge is -2.24. The van der Waals surface area contributed by atoms with Crippen molar-refractivity contribution in [2.24, 2.45) is 0 Å². The predicted octanol–water partition coefficient (Wildman–Crippen LogP) is 2.61. The van der Waals surface area contributed by atoms with Gasteiger partial charge in [-0.2, -0.15) is 0 Å². The first kappa shape index (κ1) is 17.0. The lowest BCUT2D eigenvalue weighted by Crippen LogP contribution is -2.46. The van der Waals surface area contributed by atoms with Crippen LogP contribution in [0.15, 0.2) is 17.0 Å². The Morgan fingerprint density at radius 1 is 1.38 bits per heavy atom. The van der Waals surface area contributed by atoms with E-state index in [-0.39, 0.29) is 18.4 Å². The van der Waals surface area contributed by atoms with Crippen molar-refractivity contribution in [3.05, 3.63) is 22.7 Å². The summed E-state index contributed by atoms with van der Waals surface area (Å²) in [5, 5.41) is 8.31. The van der Waals surface area contributed by atoms with Crippen LogP contribution in [0.25, 0.3) is 0 Å². The van der Waals surface area contributed by atoms with Crippen LogP contribution in [0.4, 0.5) is 9.93 Å². The highest BCUT2D eigenvalue weighted by Gasteiger charge is 2.22. The van der Waals surface area contributed by atoms with Gasteiger partial charge in [-0.1, -0.05) is 11.6 Å². The summed E-state index contributed by atoms with van der Waals surface area (Å²) in [4.78, 5) is 29.9. The van der Waals surface area contributed by atoms with Gasteiger partial charge in [0, 0.05) is 25.0 Å². The van der Waals surface area contributed by atoms with Gasteiger partial charge in [0.1, 0.15) is 0 Å². The third kappa shape index (κ3) is 4.56. The van der Waals surface area contributed by atoms with Crippen LogP contribution in [-0.2, 0) is 11.2 Å². The molecule has 1 aliphatic heterocycles. The van der Waals surface area contributed by atoms with Gasteiger partial charge in [0.25, 0.3) is 0 Å². The number of carbonyl (C=O) groups excluding carboxylic acids is 2. The number of nitrogens with one attached hydrogen (secondary N) is 2. The molecule has 2 heterocycles. The number of amides is 3. The van der Waals surface area contributed by atoms with Crippen molar-refractivity contribution < 1.29 is 9.59 Å². The van der Waals surface area contributed by atoms with Crippen molar-refractivity contribution in [3.8, 4) is 0 Å². The van der Waals surface area contributed by atoms with Gasteiger partial charge in [-0.3, -0.25) is 9.69 Å². The van der Waals surface area contributed by atoms with Crippen LogP contribution in [-0.4, -0.2) is 36.6 Å². The summed E-state index contributed by atoms with van der Waals surface area (Å²) < 4.78 is 0. The van der Waals surface area contributed by atoms with Crippen LogP contribution in [0.1, 0.15) is 44.2 Å². The number of nitrogens with zero attached hydrogens (tertiary/aromatic N) is 2. The summed E-state index contributed by atoms with van der Waals surface area (Å²) in [5.41, 5.74) is 2.19. The number of urea groups is 1. The normalized spacial score (nSPS) is 18.1. The molecule has 0 bridgehead atoms. The van der Waals surface area contributed by atoms with Crippen molar-refractivity contribution in [1.82, 2.24) is 15.6 Å². The summed E-state index contributed by atoms with van der Waals surface area (Å²) >= 11 is 1.41. The van der Waals surface area contributed by atoms with E-state index in [1.165, 1.54) is 42.6 Å². The second kappa shape index (κ2) is 8.28. The van der Waals surface area contributed by atoms with E-state index in [9.17, 15) is 9.59 Å². The standard InChI is InChI=1S/C17H24N4O2S/c22-15(18-9-7-13-5-2-1-3-6-13)11-14-12-24-17(20-14)21-10-4-8-19-16(21)23/h5,12H,1-4,6-11H2,(H,18,22)(H,19,23). The van der Waals surface area contributed by atoms with E-state index in [0.717, 1.165) is 18.5 Å². The Hall–Kier alpha value is -1.89. The van der Waals surface area contributed by atoms with Gasteiger partial charge < -0.3 is 10.6 Å². The first-order chi connectivity index (χ1) is 11.7. The summed E-state index contributed by atoms with van der Waals surface area (Å²) in [6.07, 6.45) is 9.34. The zero-order chi connectivity index (χ0) is 16.8. The molecule has 0 unspecified atom stereocenters. The van der Waals surface area contributed by atoms with Crippen LogP contribution in [0, 0.1) is 0 Å². The van der Waals surface area contributed by atoms with E-state index in [0.29, 0.717) is 24.8 Å². The molecule has 0 radical (unpaired) electrons. The number of anilines is 1. The van der Waals surface area contributed by atoms with Crippen molar-refractivity contribution in [2.75, 3.05) is 24.5 Å². The minimum absolute atomic E-state index is 0.00800. The van der Waals surface area contributed by atoms with Crippen molar-refractivity contribution in [1.29, 1.82) is 0 Å². The molecule has 0 aromatic carbocycles. The SMILES string of the molecule is O=C(Cc1csc(N2CCCNC2=O)n1)NCCC1=CCCCC1. The van der Waals surface area contributed by atoms with Crippen LogP contribution in [0.2, 0.25) is 0 Å². The topological polar surface area (TPSA) is 74.3 Å². The minimum Gasteiger partial charge on any atom is -0.355 e. The van der Waals surface area contributed by atoms with Crippen LogP contribution < -0.4 is 15.5 Å². The minimum atomic E-state index is -0.104. The molecule has 2 aliphatic rings. The predicted molar refractivity (Wildman–Crippen MR) is 95.4 cm³/mol. The maximum absolute atomic E-state index is 12.0. The Labute approximate surface area is 146 Å². The highest BCUT2D eigenvalue weighted by molar-refractivity contribution is 7.14. The molecule has 130 valence electrons. The van der Waals surface area contributed by atoms with Gasteiger partial charge in [0.05, 0.1) is 12.1 Å². The van der Waals surface area contributed by atoms with Crippen molar-refractivity contribution in [2.45, 2.75) is 44.9 Å². The maximum atomic E-state index is 12.0. The number of carbonyl (C=O) groups is 2. The molecule has 0 saturated carbocycles. The first-order valence-electron chi connectivity index (χ1n) is 8.67. The van der Waals surface area contributed by atoms with E-state index in [2.05, 4.69) is 21.7 Å².